The van der Waals surface area contributed by atoms with E-state index in [1.54, 1.807) is 12.1 Å². The third kappa shape index (κ3) is 2.85. The van der Waals surface area contributed by atoms with Gasteiger partial charge in [-0.3, -0.25) is 9.89 Å². The van der Waals surface area contributed by atoms with Crippen molar-refractivity contribution in [1.82, 2.24) is 15.2 Å². The fourth-order valence-electron chi connectivity index (χ4n) is 2.02. The van der Waals surface area contributed by atoms with Crippen LogP contribution in [-0.2, 0) is 0 Å². The zero-order valence-corrected chi connectivity index (χ0v) is 12.5. The second kappa shape index (κ2) is 5.37. The van der Waals surface area contributed by atoms with Crippen LogP contribution in [0.1, 0.15) is 40.8 Å². The number of carbonyl (C=O) groups is 1. The Morgan fingerprint density at radius 3 is 2.90 bits per heavy atom. The fraction of sp³-hybridized carbons (Fsp3) is 0.357. The molecular formula is C14H15ClN4O2. The summed E-state index contributed by atoms with van der Waals surface area (Å²) in [6.07, 6.45) is 2.20. The Bertz CT molecular complexity index is 694. The predicted octanol–water partition coefficient (Wildman–Crippen LogP) is 2.90. The van der Waals surface area contributed by atoms with E-state index in [-0.39, 0.29) is 11.7 Å². The number of aromatic amines is 1. The number of hydrogen-bond acceptors (Lipinski definition) is 4. The van der Waals surface area contributed by atoms with Crippen LogP contribution < -0.4 is 10.1 Å². The molecule has 0 saturated heterocycles. The number of anilines is 1. The summed E-state index contributed by atoms with van der Waals surface area (Å²) in [7, 11) is 1.52. The van der Waals surface area contributed by atoms with Crippen LogP contribution in [-0.4, -0.2) is 28.2 Å². The van der Waals surface area contributed by atoms with Gasteiger partial charge >= 0.3 is 0 Å². The topological polar surface area (TPSA) is 79.9 Å². The van der Waals surface area contributed by atoms with Crippen LogP contribution in [0.25, 0.3) is 0 Å². The normalized spacial score (nSPS) is 14.0. The summed E-state index contributed by atoms with van der Waals surface area (Å²) in [5, 5.41) is 10.1. The minimum atomic E-state index is -0.377. The molecule has 0 aliphatic heterocycles. The molecule has 1 aromatic carbocycles. The molecule has 1 aliphatic rings. The number of nitrogens with one attached hydrogen (secondary N) is 2. The molecule has 110 valence electrons. The molecule has 0 bridgehead atoms. The zero-order valence-electron chi connectivity index (χ0n) is 11.7. The number of halogens is 1. The Hall–Kier alpha value is -2.08. The van der Waals surface area contributed by atoms with Crippen LogP contribution in [0.4, 0.5) is 5.69 Å². The molecule has 1 aromatic heterocycles. The lowest BCUT2D eigenvalue weighted by Crippen LogP contribution is -2.14. The predicted molar refractivity (Wildman–Crippen MR) is 79.1 cm³/mol. The first-order chi connectivity index (χ1) is 10.1. The summed E-state index contributed by atoms with van der Waals surface area (Å²) in [6, 6.07) is 3.42. The molecule has 21 heavy (non-hydrogen) atoms. The number of hydrogen-bond donors (Lipinski definition) is 2. The molecule has 2 aromatic rings. The van der Waals surface area contributed by atoms with Gasteiger partial charge in [0.05, 0.1) is 12.8 Å². The second-order valence-corrected chi connectivity index (χ2v) is 5.48. The molecule has 1 saturated carbocycles. The molecule has 0 atom stereocenters. The van der Waals surface area contributed by atoms with Crippen LogP contribution in [0, 0.1) is 6.92 Å². The number of methoxy groups -OCH3 is 1. The second-order valence-electron chi connectivity index (χ2n) is 5.07. The average molecular weight is 307 g/mol. The van der Waals surface area contributed by atoms with Crippen molar-refractivity contribution in [2.75, 3.05) is 12.4 Å². The van der Waals surface area contributed by atoms with E-state index in [4.69, 9.17) is 16.3 Å². The van der Waals surface area contributed by atoms with Gasteiger partial charge in [0, 0.05) is 17.0 Å². The lowest BCUT2D eigenvalue weighted by atomic mass is 10.2. The number of rotatable bonds is 4. The highest BCUT2D eigenvalue weighted by Crippen LogP contribution is 2.37. The highest BCUT2D eigenvalue weighted by molar-refractivity contribution is 6.31. The summed E-state index contributed by atoms with van der Waals surface area (Å²) in [5.74, 6) is 1.45. The maximum atomic E-state index is 12.2. The molecule has 0 spiro atoms. The number of carbonyl (C=O) groups excluding carboxylic acids is 1. The first-order valence-corrected chi connectivity index (χ1v) is 7.04. The lowest BCUT2D eigenvalue weighted by molar-refractivity contribution is 0.101. The standard InChI is InChI=1S/C14H15ClN4O2/c1-7-5-10(11(21-2)6-9(7)15)16-14(20)13-17-12(18-19-13)8-3-4-8/h5-6,8H,3-4H2,1-2H3,(H,16,20)(H,17,18,19). The summed E-state index contributed by atoms with van der Waals surface area (Å²) in [5.41, 5.74) is 1.39. The smallest absolute Gasteiger partial charge is 0.295 e. The van der Waals surface area contributed by atoms with E-state index in [0.717, 1.165) is 24.2 Å². The molecule has 0 unspecified atom stereocenters. The van der Waals surface area contributed by atoms with Crippen molar-refractivity contribution in [3.63, 3.8) is 0 Å². The largest absolute Gasteiger partial charge is 0.495 e. The summed E-state index contributed by atoms with van der Waals surface area (Å²) in [4.78, 5) is 16.4. The third-order valence-electron chi connectivity index (χ3n) is 3.40. The number of H-pyrrole nitrogens is 1. The number of aryl methyl sites for hydroxylation is 1. The van der Waals surface area contributed by atoms with Crippen molar-refractivity contribution in [3.8, 4) is 5.75 Å². The van der Waals surface area contributed by atoms with Gasteiger partial charge in [0.25, 0.3) is 5.91 Å². The molecule has 7 heteroatoms. The third-order valence-corrected chi connectivity index (χ3v) is 3.81. The van der Waals surface area contributed by atoms with Crippen LogP contribution >= 0.6 is 11.6 Å². The minimum Gasteiger partial charge on any atom is -0.495 e. The quantitative estimate of drug-likeness (QED) is 0.910. The van der Waals surface area contributed by atoms with Crippen LogP contribution in [0.15, 0.2) is 12.1 Å². The number of aromatic nitrogens is 3. The van der Waals surface area contributed by atoms with E-state index in [9.17, 15) is 4.79 Å². The molecule has 1 amide bonds. The molecule has 2 N–H and O–H groups in total. The van der Waals surface area contributed by atoms with Crippen LogP contribution in [0.3, 0.4) is 0 Å². The van der Waals surface area contributed by atoms with Crippen molar-refractivity contribution >= 4 is 23.2 Å². The Balaban J connectivity index is 1.81. The summed E-state index contributed by atoms with van der Waals surface area (Å²) < 4.78 is 5.22. The Labute approximate surface area is 126 Å². The first-order valence-electron chi connectivity index (χ1n) is 6.66. The summed E-state index contributed by atoms with van der Waals surface area (Å²) >= 11 is 6.04. The van der Waals surface area contributed by atoms with Crippen LogP contribution in [0.2, 0.25) is 5.02 Å². The van der Waals surface area contributed by atoms with Gasteiger partial charge in [-0.15, -0.1) is 5.10 Å². The molecule has 1 fully saturated rings. The van der Waals surface area contributed by atoms with E-state index in [1.165, 1.54) is 7.11 Å². The maximum Gasteiger partial charge on any atom is 0.295 e. The molecule has 6 nitrogen and oxygen atoms in total. The highest BCUT2D eigenvalue weighted by atomic mass is 35.5. The van der Waals surface area contributed by atoms with Crippen LogP contribution in [0.5, 0.6) is 5.75 Å². The maximum absolute atomic E-state index is 12.2. The zero-order chi connectivity index (χ0) is 15.0. The molecular weight excluding hydrogens is 292 g/mol. The van der Waals surface area contributed by atoms with Gasteiger partial charge in [0.2, 0.25) is 5.82 Å². The van der Waals surface area contributed by atoms with Gasteiger partial charge in [0.1, 0.15) is 11.6 Å². The number of nitrogens with zero attached hydrogens (tertiary/aromatic N) is 2. The van der Waals surface area contributed by atoms with Gasteiger partial charge in [-0.1, -0.05) is 11.6 Å². The van der Waals surface area contributed by atoms with E-state index in [2.05, 4.69) is 20.5 Å². The van der Waals surface area contributed by atoms with Crippen molar-refractivity contribution in [2.45, 2.75) is 25.7 Å². The van der Waals surface area contributed by atoms with Crippen molar-refractivity contribution < 1.29 is 9.53 Å². The van der Waals surface area contributed by atoms with Crippen molar-refractivity contribution in [2.24, 2.45) is 0 Å². The van der Waals surface area contributed by atoms with E-state index >= 15 is 0 Å². The fourth-order valence-corrected chi connectivity index (χ4v) is 2.18. The van der Waals surface area contributed by atoms with Gasteiger partial charge in [-0.25, -0.2) is 4.98 Å². The Kier molecular flexibility index (Phi) is 3.55. The van der Waals surface area contributed by atoms with E-state index in [1.807, 2.05) is 6.92 Å². The Morgan fingerprint density at radius 1 is 1.48 bits per heavy atom. The summed E-state index contributed by atoms with van der Waals surface area (Å²) in [6.45, 7) is 1.86. The van der Waals surface area contributed by atoms with Crippen molar-refractivity contribution in [1.29, 1.82) is 0 Å². The molecule has 1 aliphatic carbocycles. The first kappa shape index (κ1) is 13.9. The van der Waals surface area contributed by atoms with Gasteiger partial charge < -0.3 is 10.1 Å². The highest BCUT2D eigenvalue weighted by Gasteiger charge is 2.28. The lowest BCUT2D eigenvalue weighted by Gasteiger charge is -2.11. The monoisotopic (exact) mass is 306 g/mol. The molecule has 1 heterocycles. The van der Waals surface area contributed by atoms with Crippen molar-refractivity contribution in [3.05, 3.63) is 34.4 Å². The number of benzene rings is 1. The van der Waals surface area contributed by atoms with Gasteiger partial charge in [0.15, 0.2) is 0 Å². The average Bonchev–Trinajstić information content (AvgIpc) is 3.20. The SMILES string of the molecule is COc1cc(Cl)c(C)cc1NC(=O)c1n[nH]c(C2CC2)n1. The molecule has 3 rings (SSSR count). The number of ether oxygens (including phenoxy) is 1. The molecule has 0 radical (unpaired) electrons. The van der Waals surface area contributed by atoms with Gasteiger partial charge in [-0.2, -0.15) is 0 Å². The Morgan fingerprint density at radius 2 is 2.24 bits per heavy atom. The van der Waals surface area contributed by atoms with E-state index in [0.29, 0.717) is 22.4 Å². The van der Waals surface area contributed by atoms with E-state index < -0.39 is 0 Å². The van der Waals surface area contributed by atoms with Gasteiger partial charge in [-0.05, 0) is 31.4 Å². The number of amides is 1. The minimum absolute atomic E-state index is 0.131.